The van der Waals surface area contributed by atoms with Crippen molar-refractivity contribution in [3.05, 3.63) is 30.2 Å². The second kappa shape index (κ2) is 3.18. The van der Waals surface area contributed by atoms with Gasteiger partial charge in [0, 0.05) is 5.56 Å². The third kappa shape index (κ3) is 1.31. The van der Waals surface area contributed by atoms with Crippen LogP contribution >= 0.6 is 0 Å². The maximum atomic E-state index is 9.66. The first-order valence-corrected chi connectivity index (χ1v) is 4.33. The van der Waals surface area contributed by atoms with Gasteiger partial charge in [-0.25, -0.2) is 4.98 Å². The number of aromatic nitrogens is 1. The number of aliphatic hydroxyl groups is 1. The van der Waals surface area contributed by atoms with Crippen molar-refractivity contribution in [3.63, 3.8) is 0 Å². The molecule has 0 aliphatic rings. The third-order valence-electron chi connectivity index (χ3n) is 2.13. The third-order valence-corrected chi connectivity index (χ3v) is 2.13. The largest absolute Gasteiger partial charge is 0.443 e. The smallest absolute Gasteiger partial charge is 0.181 e. The SMILES string of the molecule is CCC(O)c1cccc2ncoc12. The molecule has 1 atom stereocenters. The van der Waals surface area contributed by atoms with Crippen LogP contribution in [0.3, 0.4) is 0 Å². The van der Waals surface area contributed by atoms with Crippen molar-refractivity contribution in [3.8, 4) is 0 Å². The van der Waals surface area contributed by atoms with Crippen LogP contribution in [-0.4, -0.2) is 10.1 Å². The minimum Gasteiger partial charge on any atom is -0.443 e. The Morgan fingerprint density at radius 2 is 2.38 bits per heavy atom. The van der Waals surface area contributed by atoms with E-state index in [-0.39, 0.29) is 0 Å². The average Bonchev–Trinajstić information content (AvgIpc) is 2.63. The predicted octanol–water partition coefficient (Wildman–Crippen LogP) is 2.27. The van der Waals surface area contributed by atoms with E-state index in [2.05, 4.69) is 4.98 Å². The summed E-state index contributed by atoms with van der Waals surface area (Å²) in [5.41, 5.74) is 2.30. The quantitative estimate of drug-likeness (QED) is 0.765. The highest BCUT2D eigenvalue weighted by atomic mass is 16.3. The first kappa shape index (κ1) is 8.26. The summed E-state index contributed by atoms with van der Waals surface area (Å²) in [5, 5.41) is 9.66. The minimum absolute atomic E-state index is 0.461. The van der Waals surface area contributed by atoms with Crippen molar-refractivity contribution >= 4 is 11.1 Å². The van der Waals surface area contributed by atoms with E-state index in [0.29, 0.717) is 12.0 Å². The molecule has 1 aromatic heterocycles. The number of aliphatic hydroxyl groups excluding tert-OH is 1. The van der Waals surface area contributed by atoms with Crippen LogP contribution in [0.2, 0.25) is 0 Å². The predicted molar refractivity (Wildman–Crippen MR) is 49.3 cm³/mol. The number of rotatable bonds is 2. The Morgan fingerprint density at radius 1 is 1.54 bits per heavy atom. The standard InChI is InChI=1S/C10H11NO2/c1-2-9(12)7-4-3-5-8-10(7)13-6-11-8/h3-6,9,12H,2H2,1H3. The lowest BCUT2D eigenvalue weighted by molar-refractivity contribution is 0.174. The fourth-order valence-corrected chi connectivity index (χ4v) is 1.39. The van der Waals surface area contributed by atoms with Gasteiger partial charge in [0.15, 0.2) is 12.0 Å². The molecular weight excluding hydrogens is 166 g/mol. The van der Waals surface area contributed by atoms with Gasteiger partial charge in [0.2, 0.25) is 0 Å². The highest BCUT2D eigenvalue weighted by Gasteiger charge is 2.11. The molecule has 3 nitrogen and oxygen atoms in total. The van der Waals surface area contributed by atoms with Crippen LogP contribution in [0.4, 0.5) is 0 Å². The molecule has 0 fully saturated rings. The van der Waals surface area contributed by atoms with Crippen LogP contribution in [0.25, 0.3) is 11.1 Å². The molecule has 0 aliphatic carbocycles. The van der Waals surface area contributed by atoms with Gasteiger partial charge in [-0.05, 0) is 12.5 Å². The summed E-state index contributed by atoms with van der Waals surface area (Å²) in [6.07, 6.45) is 1.62. The number of fused-ring (bicyclic) bond motifs is 1. The zero-order valence-corrected chi connectivity index (χ0v) is 7.40. The lowest BCUT2D eigenvalue weighted by atomic mass is 10.1. The summed E-state index contributed by atoms with van der Waals surface area (Å²) in [4.78, 5) is 4.02. The molecule has 0 aliphatic heterocycles. The summed E-state index contributed by atoms with van der Waals surface area (Å²) < 4.78 is 5.20. The highest BCUT2D eigenvalue weighted by Crippen LogP contribution is 2.24. The lowest BCUT2D eigenvalue weighted by Crippen LogP contribution is -1.94. The first-order chi connectivity index (χ1) is 6.33. The number of benzene rings is 1. The zero-order chi connectivity index (χ0) is 9.26. The van der Waals surface area contributed by atoms with E-state index >= 15 is 0 Å². The molecule has 1 unspecified atom stereocenters. The second-order valence-corrected chi connectivity index (χ2v) is 2.97. The summed E-state index contributed by atoms with van der Waals surface area (Å²) in [6.45, 7) is 1.93. The maximum Gasteiger partial charge on any atom is 0.181 e. The van der Waals surface area contributed by atoms with Crippen LogP contribution in [0.5, 0.6) is 0 Å². The van der Waals surface area contributed by atoms with Gasteiger partial charge in [0.25, 0.3) is 0 Å². The number of nitrogens with zero attached hydrogens (tertiary/aromatic N) is 1. The molecule has 1 N–H and O–H groups in total. The second-order valence-electron chi connectivity index (χ2n) is 2.97. The van der Waals surface area contributed by atoms with E-state index in [1.165, 1.54) is 6.39 Å². The lowest BCUT2D eigenvalue weighted by Gasteiger charge is -2.06. The summed E-state index contributed by atoms with van der Waals surface area (Å²) >= 11 is 0. The van der Waals surface area contributed by atoms with Crippen LogP contribution in [0, 0.1) is 0 Å². The molecule has 68 valence electrons. The van der Waals surface area contributed by atoms with Crippen molar-refractivity contribution in [2.75, 3.05) is 0 Å². The highest BCUT2D eigenvalue weighted by molar-refractivity contribution is 5.76. The van der Waals surface area contributed by atoms with E-state index in [1.54, 1.807) is 0 Å². The molecule has 1 aromatic carbocycles. The fourth-order valence-electron chi connectivity index (χ4n) is 1.39. The van der Waals surface area contributed by atoms with Crippen molar-refractivity contribution in [2.45, 2.75) is 19.4 Å². The van der Waals surface area contributed by atoms with E-state index < -0.39 is 6.10 Å². The van der Waals surface area contributed by atoms with Gasteiger partial charge in [-0.3, -0.25) is 0 Å². The fraction of sp³-hybridized carbons (Fsp3) is 0.300. The van der Waals surface area contributed by atoms with Gasteiger partial charge < -0.3 is 9.52 Å². The van der Waals surface area contributed by atoms with Gasteiger partial charge in [0.05, 0.1) is 6.10 Å². The first-order valence-electron chi connectivity index (χ1n) is 4.33. The van der Waals surface area contributed by atoms with Crippen molar-refractivity contribution in [1.82, 2.24) is 4.98 Å². The van der Waals surface area contributed by atoms with Gasteiger partial charge >= 0.3 is 0 Å². The molecule has 1 heterocycles. The summed E-state index contributed by atoms with van der Waals surface area (Å²) in [5.74, 6) is 0. The van der Waals surface area contributed by atoms with Crippen molar-refractivity contribution in [2.24, 2.45) is 0 Å². The average molecular weight is 177 g/mol. The van der Waals surface area contributed by atoms with E-state index in [4.69, 9.17) is 4.42 Å². The van der Waals surface area contributed by atoms with E-state index in [9.17, 15) is 5.11 Å². The number of oxazole rings is 1. The normalized spacial score (nSPS) is 13.4. The summed E-state index contributed by atoms with van der Waals surface area (Å²) in [6, 6.07) is 5.60. The number of hydrogen-bond donors (Lipinski definition) is 1. The van der Waals surface area contributed by atoms with E-state index in [1.807, 2.05) is 25.1 Å². The molecule has 2 aromatic rings. The van der Waals surface area contributed by atoms with Gasteiger partial charge in [-0.1, -0.05) is 19.1 Å². The molecular formula is C10H11NO2. The molecule has 2 rings (SSSR count). The van der Waals surface area contributed by atoms with Gasteiger partial charge in [0.1, 0.15) is 5.52 Å². The zero-order valence-electron chi connectivity index (χ0n) is 7.40. The summed E-state index contributed by atoms with van der Waals surface area (Å²) in [7, 11) is 0. The number of hydrogen-bond acceptors (Lipinski definition) is 3. The molecule has 3 heteroatoms. The molecule has 0 saturated heterocycles. The van der Waals surface area contributed by atoms with Crippen molar-refractivity contribution < 1.29 is 9.52 Å². The minimum atomic E-state index is -0.461. The van der Waals surface area contributed by atoms with Crippen molar-refractivity contribution in [1.29, 1.82) is 0 Å². The van der Waals surface area contributed by atoms with Crippen LogP contribution in [0.1, 0.15) is 25.0 Å². The molecule has 0 bridgehead atoms. The maximum absolute atomic E-state index is 9.66. The number of para-hydroxylation sites is 1. The van der Waals surface area contributed by atoms with E-state index in [0.717, 1.165) is 11.1 Å². The Kier molecular flexibility index (Phi) is 2.02. The molecule has 0 radical (unpaired) electrons. The Morgan fingerprint density at radius 3 is 3.15 bits per heavy atom. The van der Waals surface area contributed by atoms with Crippen LogP contribution in [-0.2, 0) is 0 Å². The van der Waals surface area contributed by atoms with Gasteiger partial charge in [-0.15, -0.1) is 0 Å². The molecule has 0 amide bonds. The Balaban J connectivity index is 2.60. The van der Waals surface area contributed by atoms with Crippen LogP contribution < -0.4 is 0 Å². The Labute approximate surface area is 76.0 Å². The molecule has 13 heavy (non-hydrogen) atoms. The monoisotopic (exact) mass is 177 g/mol. The molecule has 0 saturated carbocycles. The molecule has 0 spiro atoms. The van der Waals surface area contributed by atoms with Crippen LogP contribution in [0.15, 0.2) is 29.0 Å². The Hall–Kier alpha value is -1.35. The Bertz CT molecular complexity index is 408. The van der Waals surface area contributed by atoms with Gasteiger partial charge in [-0.2, -0.15) is 0 Å². The topological polar surface area (TPSA) is 46.3 Å².